The molecule has 0 heterocycles. The standard InChI is InChI=1S/C16H17N3O3S/c1-11(12-5-3-8-15(9-12)22-2)17-16(23)18-13-6-4-7-14(10-13)19(20)21/h3-11H,1-2H3,(H2,17,18,23)/t11-/m1/s1. The fourth-order valence-electron chi connectivity index (χ4n) is 2.06. The molecule has 0 saturated heterocycles. The van der Waals surface area contributed by atoms with Crippen molar-refractivity contribution in [2.45, 2.75) is 13.0 Å². The number of ether oxygens (including phenoxy) is 1. The van der Waals surface area contributed by atoms with Crippen LogP contribution in [-0.4, -0.2) is 17.1 Å². The van der Waals surface area contributed by atoms with Crippen molar-refractivity contribution in [1.29, 1.82) is 0 Å². The minimum absolute atomic E-state index is 0.0126. The Labute approximate surface area is 139 Å². The van der Waals surface area contributed by atoms with Gasteiger partial charge in [0.25, 0.3) is 5.69 Å². The van der Waals surface area contributed by atoms with Crippen LogP contribution in [0.25, 0.3) is 0 Å². The number of hydrogen-bond donors (Lipinski definition) is 2. The summed E-state index contributed by atoms with van der Waals surface area (Å²) in [5.74, 6) is 0.772. The Kier molecular flexibility index (Phi) is 5.48. The summed E-state index contributed by atoms with van der Waals surface area (Å²) in [6.45, 7) is 1.97. The number of nitrogens with zero attached hydrogens (tertiary/aromatic N) is 1. The minimum atomic E-state index is -0.444. The summed E-state index contributed by atoms with van der Waals surface area (Å²) in [7, 11) is 1.62. The van der Waals surface area contributed by atoms with Gasteiger partial charge in [-0.1, -0.05) is 18.2 Å². The summed E-state index contributed by atoms with van der Waals surface area (Å²) in [5, 5.41) is 17.3. The Balaban J connectivity index is 2.01. The lowest BCUT2D eigenvalue weighted by molar-refractivity contribution is -0.384. The first kappa shape index (κ1) is 16.7. The molecule has 0 amide bonds. The van der Waals surface area contributed by atoms with Crippen LogP contribution in [0.4, 0.5) is 11.4 Å². The zero-order valence-corrected chi connectivity index (χ0v) is 13.6. The minimum Gasteiger partial charge on any atom is -0.497 e. The van der Waals surface area contributed by atoms with Crippen LogP contribution < -0.4 is 15.4 Å². The van der Waals surface area contributed by atoms with Gasteiger partial charge in [0.05, 0.1) is 18.1 Å². The predicted octanol–water partition coefficient (Wildman–Crippen LogP) is 3.65. The average molecular weight is 331 g/mol. The van der Waals surface area contributed by atoms with E-state index in [4.69, 9.17) is 17.0 Å². The molecule has 0 aliphatic heterocycles. The van der Waals surface area contributed by atoms with Gasteiger partial charge in [0.15, 0.2) is 5.11 Å². The topological polar surface area (TPSA) is 76.4 Å². The highest BCUT2D eigenvalue weighted by atomic mass is 32.1. The lowest BCUT2D eigenvalue weighted by atomic mass is 10.1. The summed E-state index contributed by atoms with van der Waals surface area (Å²) in [6, 6.07) is 13.8. The van der Waals surface area contributed by atoms with Gasteiger partial charge >= 0.3 is 0 Å². The smallest absolute Gasteiger partial charge is 0.271 e. The zero-order valence-electron chi connectivity index (χ0n) is 12.8. The first-order chi connectivity index (χ1) is 11.0. The summed E-state index contributed by atoms with van der Waals surface area (Å²) in [4.78, 5) is 10.3. The molecular weight excluding hydrogens is 314 g/mol. The van der Waals surface area contributed by atoms with E-state index < -0.39 is 4.92 Å². The van der Waals surface area contributed by atoms with Crippen LogP contribution in [0.3, 0.4) is 0 Å². The van der Waals surface area contributed by atoms with Gasteiger partial charge in [0, 0.05) is 17.8 Å². The predicted molar refractivity (Wildman–Crippen MR) is 93.9 cm³/mol. The van der Waals surface area contributed by atoms with Crippen LogP contribution in [0.15, 0.2) is 48.5 Å². The number of nitro groups is 1. The molecule has 0 spiro atoms. The molecule has 2 N–H and O–H groups in total. The van der Waals surface area contributed by atoms with E-state index in [9.17, 15) is 10.1 Å². The molecule has 23 heavy (non-hydrogen) atoms. The molecule has 0 unspecified atom stereocenters. The maximum Gasteiger partial charge on any atom is 0.271 e. The van der Waals surface area contributed by atoms with E-state index >= 15 is 0 Å². The van der Waals surface area contributed by atoms with E-state index in [1.807, 2.05) is 31.2 Å². The van der Waals surface area contributed by atoms with Gasteiger partial charge in [0.2, 0.25) is 0 Å². The van der Waals surface area contributed by atoms with Crippen molar-refractivity contribution in [2.24, 2.45) is 0 Å². The third-order valence-electron chi connectivity index (χ3n) is 3.26. The molecule has 0 aliphatic carbocycles. The number of hydrogen-bond acceptors (Lipinski definition) is 4. The maximum atomic E-state index is 10.8. The van der Waals surface area contributed by atoms with Crippen molar-refractivity contribution in [3.05, 3.63) is 64.2 Å². The van der Waals surface area contributed by atoms with E-state index in [-0.39, 0.29) is 11.7 Å². The number of methoxy groups -OCH3 is 1. The molecule has 0 fully saturated rings. The Morgan fingerprint density at radius 1 is 1.26 bits per heavy atom. The van der Waals surface area contributed by atoms with Gasteiger partial charge in [-0.05, 0) is 42.9 Å². The zero-order chi connectivity index (χ0) is 16.8. The molecule has 0 bridgehead atoms. The molecule has 0 radical (unpaired) electrons. The Bertz CT molecular complexity index is 721. The number of rotatable bonds is 5. The second-order valence-electron chi connectivity index (χ2n) is 4.90. The van der Waals surface area contributed by atoms with Crippen molar-refractivity contribution in [3.8, 4) is 5.75 Å². The molecule has 0 saturated carbocycles. The van der Waals surface area contributed by atoms with Gasteiger partial charge in [0.1, 0.15) is 5.75 Å². The van der Waals surface area contributed by atoms with Crippen LogP contribution in [0.5, 0.6) is 5.75 Å². The number of thiocarbonyl (C=S) groups is 1. The second-order valence-corrected chi connectivity index (χ2v) is 5.31. The Hall–Kier alpha value is -2.67. The maximum absolute atomic E-state index is 10.8. The van der Waals surface area contributed by atoms with Crippen LogP contribution in [0, 0.1) is 10.1 Å². The highest BCUT2D eigenvalue weighted by molar-refractivity contribution is 7.80. The molecule has 0 aliphatic rings. The molecule has 2 aromatic carbocycles. The van der Waals surface area contributed by atoms with Crippen LogP contribution in [-0.2, 0) is 0 Å². The molecule has 2 rings (SSSR count). The molecule has 6 nitrogen and oxygen atoms in total. The third-order valence-corrected chi connectivity index (χ3v) is 3.48. The number of nitro benzene ring substituents is 1. The monoisotopic (exact) mass is 331 g/mol. The fourth-order valence-corrected chi connectivity index (χ4v) is 2.35. The SMILES string of the molecule is COc1cccc([C@@H](C)NC(=S)Nc2cccc([N+](=O)[O-])c2)c1. The lowest BCUT2D eigenvalue weighted by Gasteiger charge is -2.18. The van der Waals surface area contributed by atoms with E-state index in [0.717, 1.165) is 11.3 Å². The Morgan fingerprint density at radius 2 is 2.00 bits per heavy atom. The number of nitrogens with one attached hydrogen (secondary N) is 2. The second kappa shape index (κ2) is 7.55. The first-order valence-electron chi connectivity index (χ1n) is 6.95. The summed E-state index contributed by atoms with van der Waals surface area (Å²) in [5.41, 5.74) is 1.60. The Morgan fingerprint density at radius 3 is 2.70 bits per heavy atom. The molecule has 2 aromatic rings. The number of anilines is 1. The summed E-state index contributed by atoms with van der Waals surface area (Å²) in [6.07, 6.45) is 0. The van der Waals surface area contributed by atoms with Crippen molar-refractivity contribution >= 4 is 28.7 Å². The largest absolute Gasteiger partial charge is 0.497 e. The molecular formula is C16H17N3O3S. The van der Waals surface area contributed by atoms with Gasteiger partial charge in [-0.15, -0.1) is 0 Å². The van der Waals surface area contributed by atoms with Gasteiger partial charge < -0.3 is 15.4 Å². The molecule has 120 valence electrons. The highest BCUT2D eigenvalue weighted by Gasteiger charge is 2.10. The summed E-state index contributed by atoms with van der Waals surface area (Å²) < 4.78 is 5.20. The van der Waals surface area contributed by atoms with Crippen molar-refractivity contribution in [1.82, 2.24) is 5.32 Å². The van der Waals surface area contributed by atoms with Crippen LogP contribution in [0.2, 0.25) is 0 Å². The molecule has 1 atom stereocenters. The van der Waals surface area contributed by atoms with Gasteiger partial charge in [-0.25, -0.2) is 0 Å². The van der Waals surface area contributed by atoms with Crippen molar-refractivity contribution < 1.29 is 9.66 Å². The lowest BCUT2D eigenvalue weighted by Crippen LogP contribution is -2.30. The van der Waals surface area contributed by atoms with E-state index in [2.05, 4.69) is 10.6 Å². The number of benzene rings is 2. The van der Waals surface area contributed by atoms with Crippen LogP contribution in [0.1, 0.15) is 18.5 Å². The van der Waals surface area contributed by atoms with E-state index in [0.29, 0.717) is 10.8 Å². The highest BCUT2D eigenvalue weighted by Crippen LogP contribution is 2.20. The normalized spacial score (nSPS) is 11.4. The van der Waals surface area contributed by atoms with E-state index in [1.54, 1.807) is 19.2 Å². The summed E-state index contributed by atoms with van der Waals surface area (Å²) >= 11 is 5.26. The number of non-ortho nitro benzene ring substituents is 1. The first-order valence-corrected chi connectivity index (χ1v) is 7.36. The van der Waals surface area contributed by atoms with Crippen molar-refractivity contribution in [3.63, 3.8) is 0 Å². The quantitative estimate of drug-likeness (QED) is 0.495. The molecule has 7 heteroatoms. The van der Waals surface area contributed by atoms with Gasteiger partial charge in [-0.3, -0.25) is 10.1 Å². The molecule has 0 aromatic heterocycles. The third kappa shape index (κ3) is 4.65. The average Bonchev–Trinajstić information content (AvgIpc) is 2.55. The van der Waals surface area contributed by atoms with E-state index in [1.165, 1.54) is 12.1 Å². The van der Waals surface area contributed by atoms with Gasteiger partial charge in [-0.2, -0.15) is 0 Å². The van der Waals surface area contributed by atoms with Crippen LogP contribution >= 0.6 is 12.2 Å². The van der Waals surface area contributed by atoms with Crippen molar-refractivity contribution in [2.75, 3.05) is 12.4 Å². The fraction of sp³-hybridized carbons (Fsp3) is 0.188.